The molecule has 0 heterocycles. The predicted octanol–water partition coefficient (Wildman–Crippen LogP) is 0.369. The normalized spacial score (nSPS) is 27.1. The average molecular weight is 423 g/mol. The Morgan fingerprint density at radius 1 is 0.964 bits per heavy atom. The molecule has 1 unspecified atom stereocenters. The molecule has 2 aromatic carbocycles. The summed E-state index contributed by atoms with van der Waals surface area (Å²) in [5, 5.41) is 2.51. The number of rotatable bonds is 6. The van der Waals surface area contributed by atoms with Gasteiger partial charge in [0.1, 0.15) is 0 Å². The zero-order chi connectivity index (χ0) is 19.3. The van der Waals surface area contributed by atoms with Crippen molar-refractivity contribution >= 4 is 29.8 Å². The van der Waals surface area contributed by atoms with Crippen molar-refractivity contribution in [3.05, 3.63) is 60.7 Å². The third kappa shape index (κ3) is 3.43. The van der Waals surface area contributed by atoms with Crippen LogP contribution in [-0.4, -0.2) is 28.4 Å². The fourth-order valence-electron chi connectivity index (χ4n) is 5.25. The molecule has 0 aromatic heterocycles. The first-order valence-corrected chi connectivity index (χ1v) is 12.6. The number of hydrogen-bond acceptors (Lipinski definition) is 3. The van der Waals surface area contributed by atoms with Crippen LogP contribution in [0.5, 0.6) is 0 Å². The SMILES string of the molecule is CC(C)(C)[Si](OCC12CC(S(=O)[O-])(C1)C2)(c1ccccc1)c1ccccc1.[Na+]. The predicted molar refractivity (Wildman–Crippen MR) is 112 cm³/mol. The van der Waals surface area contributed by atoms with Gasteiger partial charge in [0.2, 0.25) is 0 Å². The molecule has 3 saturated carbocycles. The summed E-state index contributed by atoms with van der Waals surface area (Å²) in [6, 6.07) is 21.2. The first kappa shape index (κ1) is 22.4. The van der Waals surface area contributed by atoms with E-state index in [-0.39, 0.29) is 40.0 Å². The summed E-state index contributed by atoms with van der Waals surface area (Å²) >= 11 is -1.96. The topological polar surface area (TPSA) is 49.4 Å². The van der Waals surface area contributed by atoms with Gasteiger partial charge < -0.3 is 8.98 Å². The van der Waals surface area contributed by atoms with Crippen LogP contribution in [0.1, 0.15) is 40.0 Å². The smallest absolute Gasteiger partial charge is 0.772 e. The molecule has 3 nitrogen and oxygen atoms in total. The summed E-state index contributed by atoms with van der Waals surface area (Å²) in [5.74, 6) is 0. The van der Waals surface area contributed by atoms with Gasteiger partial charge in [0.05, 0.1) is 0 Å². The van der Waals surface area contributed by atoms with Gasteiger partial charge in [0.25, 0.3) is 8.32 Å². The molecule has 3 aliphatic carbocycles. The molecule has 0 N–H and O–H groups in total. The average Bonchev–Trinajstić information content (AvgIpc) is 2.56. The Morgan fingerprint density at radius 3 is 1.75 bits per heavy atom. The van der Waals surface area contributed by atoms with Crippen LogP contribution in [0.2, 0.25) is 5.04 Å². The van der Waals surface area contributed by atoms with Crippen molar-refractivity contribution in [2.24, 2.45) is 5.41 Å². The molecule has 0 radical (unpaired) electrons. The summed E-state index contributed by atoms with van der Waals surface area (Å²) in [4.78, 5) is 0. The van der Waals surface area contributed by atoms with Crippen molar-refractivity contribution in [1.29, 1.82) is 0 Å². The van der Waals surface area contributed by atoms with Crippen molar-refractivity contribution in [2.75, 3.05) is 6.61 Å². The van der Waals surface area contributed by atoms with E-state index in [4.69, 9.17) is 4.43 Å². The summed E-state index contributed by atoms with van der Waals surface area (Å²) in [7, 11) is -2.52. The van der Waals surface area contributed by atoms with Crippen LogP contribution in [0, 0.1) is 5.41 Å². The van der Waals surface area contributed by atoms with E-state index in [1.54, 1.807) is 0 Å². The van der Waals surface area contributed by atoms with Crippen LogP contribution in [0.15, 0.2) is 60.7 Å². The Balaban J connectivity index is 0.00000225. The van der Waals surface area contributed by atoms with Crippen molar-refractivity contribution < 1.29 is 42.7 Å². The molecule has 5 rings (SSSR count). The van der Waals surface area contributed by atoms with Gasteiger partial charge in [-0.15, -0.1) is 0 Å². The third-order valence-corrected chi connectivity index (χ3v) is 12.6. The van der Waals surface area contributed by atoms with Crippen LogP contribution < -0.4 is 39.9 Å². The van der Waals surface area contributed by atoms with Gasteiger partial charge in [-0.3, -0.25) is 4.21 Å². The second-order valence-corrected chi connectivity index (χ2v) is 15.0. The minimum Gasteiger partial charge on any atom is -0.772 e. The third-order valence-electron chi connectivity index (χ3n) is 6.46. The Kier molecular flexibility index (Phi) is 6.22. The monoisotopic (exact) mass is 422 g/mol. The van der Waals surface area contributed by atoms with Gasteiger partial charge in [-0.05, 0) is 51.2 Å². The van der Waals surface area contributed by atoms with E-state index in [2.05, 4.69) is 69.3 Å². The van der Waals surface area contributed by atoms with Crippen molar-refractivity contribution in [3.8, 4) is 0 Å². The van der Waals surface area contributed by atoms with Crippen LogP contribution in [-0.2, 0) is 15.5 Å². The maximum Gasteiger partial charge on any atom is 1.00 e. The Bertz CT molecular complexity index is 792. The van der Waals surface area contributed by atoms with E-state index >= 15 is 0 Å². The number of hydrogen-bond donors (Lipinski definition) is 0. The van der Waals surface area contributed by atoms with Gasteiger partial charge in [-0.2, -0.15) is 0 Å². The molecule has 144 valence electrons. The van der Waals surface area contributed by atoms with Crippen molar-refractivity contribution in [1.82, 2.24) is 0 Å². The quantitative estimate of drug-likeness (QED) is 0.499. The standard InChI is InChI=1S/C22H28O3SSi.Na/c1-20(2,3)27(18-10-6-4-7-11-18,19-12-8-5-9-13-19)25-17-21-14-22(15-21,16-21)26(23)24;/h4-13H,14-17H2,1-3H3,(H,23,24);/q;+1/p-1. The molecule has 0 spiro atoms. The Hall–Kier alpha value is -0.273. The Labute approximate surface area is 194 Å². The minimum absolute atomic E-state index is 0. The molecule has 2 bridgehead atoms. The van der Waals surface area contributed by atoms with Crippen molar-refractivity contribution in [2.45, 2.75) is 49.8 Å². The second-order valence-electron chi connectivity index (χ2n) is 9.40. The molecule has 0 amide bonds. The van der Waals surface area contributed by atoms with Gasteiger partial charge >= 0.3 is 29.6 Å². The molecule has 2 aromatic rings. The van der Waals surface area contributed by atoms with E-state index in [0.717, 1.165) is 19.3 Å². The van der Waals surface area contributed by atoms with Crippen molar-refractivity contribution in [3.63, 3.8) is 0 Å². The maximum absolute atomic E-state index is 11.5. The molecule has 3 aliphatic rings. The first-order chi connectivity index (χ1) is 12.7. The summed E-state index contributed by atoms with van der Waals surface area (Å²) in [5.41, 5.74) is 0.0626. The fraction of sp³-hybridized carbons (Fsp3) is 0.455. The number of benzene rings is 2. The van der Waals surface area contributed by atoms with E-state index in [1.165, 1.54) is 10.4 Å². The van der Waals surface area contributed by atoms with Gasteiger partial charge in [-0.1, -0.05) is 81.4 Å². The van der Waals surface area contributed by atoms with Crippen LogP contribution in [0.3, 0.4) is 0 Å². The second kappa shape index (κ2) is 7.77. The molecule has 6 heteroatoms. The molecular weight excluding hydrogens is 395 g/mol. The minimum atomic E-state index is -2.52. The maximum atomic E-state index is 11.5. The van der Waals surface area contributed by atoms with E-state index in [0.29, 0.717) is 6.61 Å². The summed E-state index contributed by atoms with van der Waals surface area (Å²) in [6.07, 6.45) is 2.27. The van der Waals surface area contributed by atoms with E-state index < -0.39 is 24.1 Å². The van der Waals surface area contributed by atoms with Gasteiger partial charge in [0.15, 0.2) is 0 Å². The van der Waals surface area contributed by atoms with Gasteiger partial charge in [0, 0.05) is 11.4 Å². The van der Waals surface area contributed by atoms with Crippen LogP contribution >= 0.6 is 0 Å². The summed E-state index contributed by atoms with van der Waals surface area (Å²) < 4.78 is 29.4. The molecule has 0 aliphatic heterocycles. The van der Waals surface area contributed by atoms with E-state index in [1.807, 2.05) is 12.1 Å². The molecule has 28 heavy (non-hydrogen) atoms. The molecule has 0 saturated heterocycles. The van der Waals surface area contributed by atoms with Crippen LogP contribution in [0.4, 0.5) is 0 Å². The van der Waals surface area contributed by atoms with Gasteiger partial charge in [-0.25, -0.2) is 0 Å². The first-order valence-electron chi connectivity index (χ1n) is 9.58. The summed E-state index contributed by atoms with van der Waals surface area (Å²) in [6.45, 7) is 7.47. The zero-order valence-electron chi connectivity index (χ0n) is 17.2. The molecular formula is C22H27NaO3SSi. The Morgan fingerprint density at radius 2 is 1.39 bits per heavy atom. The zero-order valence-corrected chi connectivity index (χ0v) is 21.1. The molecule has 3 fully saturated rings. The molecule has 1 atom stereocenters. The fourth-order valence-corrected chi connectivity index (χ4v) is 11.2. The van der Waals surface area contributed by atoms with E-state index in [9.17, 15) is 8.76 Å². The van der Waals surface area contributed by atoms with Crippen LogP contribution in [0.25, 0.3) is 0 Å². The largest absolute Gasteiger partial charge is 1.00 e.